The fraction of sp³-hybridized carbons (Fsp3) is 0.143. The van der Waals surface area contributed by atoms with Gasteiger partial charge in [-0.25, -0.2) is 14.0 Å². The number of anilines is 1. The van der Waals surface area contributed by atoms with Gasteiger partial charge in [-0.05, 0) is 48.7 Å². The summed E-state index contributed by atoms with van der Waals surface area (Å²) in [5, 5.41) is 18.3. The molecule has 0 aliphatic carbocycles. The summed E-state index contributed by atoms with van der Waals surface area (Å²) < 4.78 is 27.0. The molecule has 2 amide bonds. The van der Waals surface area contributed by atoms with E-state index in [1.165, 1.54) is 28.8 Å². The quantitative estimate of drug-likeness (QED) is 0.291. The Morgan fingerprint density at radius 2 is 1.68 bits per heavy atom. The fourth-order valence-corrected chi connectivity index (χ4v) is 4.66. The van der Waals surface area contributed by atoms with Crippen molar-refractivity contribution in [1.82, 2.24) is 9.78 Å². The number of amides is 2. The largest absolute Gasteiger partial charge is 0.858 e. The molecule has 0 unspecified atom stereocenters. The number of ether oxygens (including phenoxy) is 2. The number of carbonyl (C=O) groups excluding carboxylic acids is 2. The van der Waals surface area contributed by atoms with Crippen LogP contribution in [0.4, 0.5) is 10.1 Å². The number of nitrogens with zero attached hydrogens (tertiary/aromatic N) is 4. The Labute approximate surface area is 216 Å². The molecule has 2 aliphatic rings. The fourth-order valence-electron chi connectivity index (χ4n) is 4.66. The van der Waals surface area contributed by atoms with Gasteiger partial charge in [-0.2, -0.15) is 9.67 Å². The highest BCUT2D eigenvalue weighted by Gasteiger charge is 2.47. The van der Waals surface area contributed by atoms with Gasteiger partial charge in [-0.1, -0.05) is 19.4 Å². The van der Waals surface area contributed by atoms with Crippen molar-refractivity contribution in [1.29, 1.82) is 0 Å². The molecule has 0 atom stereocenters. The maximum Gasteiger partial charge on any atom is 0.331 e. The van der Waals surface area contributed by atoms with Crippen LogP contribution in [-0.4, -0.2) is 28.4 Å². The molecule has 4 heterocycles. The van der Waals surface area contributed by atoms with Crippen molar-refractivity contribution < 1.29 is 33.1 Å². The minimum Gasteiger partial charge on any atom is -0.858 e. The summed E-state index contributed by atoms with van der Waals surface area (Å²) >= 11 is 0. The number of pyridine rings is 1. The van der Waals surface area contributed by atoms with Crippen molar-refractivity contribution in [2.45, 2.75) is 19.8 Å². The second kappa shape index (κ2) is 9.15. The lowest BCUT2D eigenvalue weighted by molar-refractivity contribution is -0.576. The summed E-state index contributed by atoms with van der Waals surface area (Å²) in [6.07, 6.45) is 4.30. The van der Waals surface area contributed by atoms with Crippen molar-refractivity contribution in [2.24, 2.45) is 0 Å². The average Bonchev–Trinajstić information content (AvgIpc) is 3.59. The monoisotopic (exact) mass is 512 g/mol. The highest BCUT2D eigenvalue weighted by molar-refractivity contribution is 6.53. The first-order chi connectivity index (χ1) is 18.5. The standard InChI is InChI=1S/C28H21FN4O5/c1-2-6-20-23(27(35)33(30-20)18-9-7-17(29)8-10-18)24-25(31-13-4-3-5-14-31)28(36)32(26(24)34)19-11-12-21-22(15-19)38-16-37-21/h3-5,7-15H,2,6,16H2,1H3. The lowest BCUT2D eigenvalue weighted by Crippen LogP contribution is -2.39. The summed E-state index contributed by atoms with van der Waals surface area (Å²) in [5.41, 5.74) is 1.03. The summed E-state index contributed by atoms with van der Waals surface area (Å²) in [4.78, 5) is 28.9. The van der Waals surface area contributed by atoms with Crippen LogP contribution >= 0.6 is 0 Å². The molecular weight excluding hydrogens is 491 g/mol. The van der Waals surface area contributed by atoms with Gasteiger partial charge in [-0.15, -0.1) is 0 Å². The summed E-state index contributed by atoms with van der Waals surface area (Å²) in [6, 6.07) is 15.3. The first kappa shape index (κ1) is 23.4. The Hall–Kier alpha value is -4.99. The highest BCUT2D eigenvalue weighted by atomic mass is 19.1. The minimum atomic E-state index is -0.659. The van der Waals surface area contributed by atoms with E-state index in [1.807, 2.05) is 6.92 Å². The second-order valence-corrected chi connectivity index (χ2v) is 8.75. The molecule has 38 heavy (non-hydrogen) atoms. The molecule has 10 heteroatoms. The molecule has 0 fully saturated rings. The van der Waals surface area contributed by atoms with Crippen molar-refractivity contribution in [2.75, 3.05) is 11.7 Å². The van der Waals surface area contributed by atoms with Gasteiger partial charge in [0.25, 0.3) is 11.6 Å². The molecule has 4 aromatic rings. The SMILES string of the molecule is CCCc1nn(-c2ccc(F)cc2)c([O-])c1C1=C([n+]2ccccc2)C(=O)N(c2ccc3c(c2)OCO3)C1=O. The summed E-state index contributed by atoms with van der Waals surface area (Å²) in [7, 11) is 0. The molecular formula is C28H21FN4O5. The molecule has 2 aromatic heterocycles. The molecule has 9 nitrogen and oxygen atoms in total. The normalized spacial score (nSPS) is 14.6. The molecule has 0 spiro atoms. The first-order valence-corrected chi connectivity index (χ1v) is 12.0. The predicted molar refractivity (Wildman–Crippen MR) is 132 cm³/mol. The van der Waals surface area contributed by atoms with E-state index in [2.05, 4.69) is 5.10 Å². The number of imide groups is 1. The van der Waals surface area contributed by atoms with E-state index in [0.717, 1.165) is 9.58 Å². The number of halogens is 1. The number of aryl methyl sites for hydroxylation is 1. The van der Waals surface area contributed by atoms with Crippen LogP contribution in [-0.2, 0) is 16.0 Å². The third-order valence-corrected chi connectivity index (χ3v) is 6.37. The van der Waals surface area contributed by atoms with Gasteiger partial charge in [0.05, 0.1) is 17.1 Å². The lowest BCUT2D eigenvalue weighted by atomic mass is 10.0. The molecule has 2 aliphatic heterocycles. The third-order valence-electron chi connectivity index (χ3n) is 6.37. The van der Waals surface area contributed by atoms with E-state index < -0.39 is 23.5 Å². The Morgan fingerprint density at radius 3 is 2.42 bits per heavy atom. The number of aromatic nitrogens is 3. The molecule has 0 saturated heterocycles. The molecule has 190 valence electrons. The van der Waals surface area contributed by atoms with Crippen LogP contribution in [0.15, 0.2) is 73.1 Å². The van der Waals surface area contributed by atoms with Gasteiger partial charge in [0.1, 0.15) is 11.4 Å². The third kappa shape index (κ3) is 3.69. The first-order valence-electron chi connectivity index (χ1n) is 12.0. The zero-order valence-corrected chi connectivity index (χ0v) is 20.3. The minimum absolute atomic E-state index is 0.0291. The van der Waals surface area contributed by atoms with Gasteiger partial charge in [0, 0.05) is 23.8 Å². The predicted octanol–water partition coefficient (Wildman–Crippen LogP) is 3.00. The maximum absolute atomic E-state index is 14.0. The number of hydrogen-bond donors (Lipinski definition) is 0. The Balaban J connectivity index is 1.56. The van der Waals surface area contributed by atoms with Crippen LogP contribution in [0, 0.1) is 5.82 Å². The van der Waals surface area contributed by atoms with Gasteiger partial charge in [0.15, 0.2) is 23.9 Å². The van der Waals surface area contributed by atoms with Crippen LogP contribution < -0.4 is 24.0 Å². The number of carbonyl (C=O) groups is 2. The average molecular weight is 512 g/mol. The van der Waals surface area contributed by atoms with Crippen LogP contribution in [0.5, 0.6) is 17.4 Å². The Kier molecular flexibility index (Phi) is 5.64. The molecule has 0 saturated carbocycles. The van der Waals surface area contributed by atoms with Gasteiger partial charge >= 0.3 is 5.91 Å². The Bertz CT molecular complexity index is 1610. The number of rotatable bonds is 6. The molecule has 0 bridgehead atoms. The summed E-state index contributed by atoms with van der Waals surface area (Å²) in [6.45, 7) is 1.96. The van der Waals surface area contributed by atoms with Crippen LogP contribution in [0.1, 0.15) is 24.6 Å². The highest BCUT2D eigenvalue weighted by Crippen LogP contribution is 2.41. The number of fused-ring (bicyclic) bond motifs is 1. The van der Waals surface area contributed by atoms with E-state index in [9.17, 15) is 19.1 Å². The smallest absolute Gasteiger partial charge is 0.331 e. The van der Waals surface area contributed by atoms with Crippen LogP contribution in [0.2, 0.25) is 0 Å². The van der Waals surface area contributed by atoms with E-state index in [0.29, 0.717) is 35.7 Å². The second-order valence-electron chi connectivity index (χ2n) is 8.75. The van der Waals surface area contributed by atoms with Crippen LogP contribution in [0.3, 0.4) is 0 Å². The van der Waals surface area contributed by atoms with Crippen molar-refractivity contribution in [3.8, 4) is 23.1 Å². The van der Waals surface area contributed by atoms with Crippen molar-refractivity contribution >= 4 is 28.8 Å². The molecule has 0 radical (unpaired) electrons. The maximum atomic E-state index is 14.0. The zero-order valence-electron chi connectivity index (χ0n) is 20.3. The number of benzene rings is 2. The zero-order chi connectivity index (χ0) is 26.4. The molecule has 0 N–H and O–H groups in total. The van der Waals surface area contributed by atoms with Gasteiger partial charge < -0.3 is 14.6 Å². The van der Waals surface area contributed by atoms with Crippen molar-refractivity contribution in [3.05, 3.63) is 90.1 Å². The lowest BCUT2D eigenvalue weighted by Gasteiger charge is -2.16. The van der Waals surface area contributed by atoms with E-state index in [4.69, 9.17) is 9.47 Å². The van der Waals surface area contributed by atoms with Crippen LogP contribution in [0.25, 0.3) is 17.0 Å². The van der Waals surface area contributed by atoms with Gasteiger partial charge in [0.2, 0.25) is 6.79 Å². The van der Waals surface area contributed by atoms with E-state index in [1.54, 1.807) is 48.8 Å². The summed E-state index contributed by atoms with van der Waals surface area (Å²) in [5.74, 6) is -1.37. The van der Waals surface area contributed by atoms with Crippen molar-refractivity contribution in [3.63, 3.8) is 0 Å². The van der Waals surface area contributed by atoms with Gasteiger partial charge in [-0.3, -0.25) is 9.59 Å². The Morgan fingerprint density at radius 1 is 0.974 bits per heavy atom. The van der Waals surface area contributed by atoms with E-state index in [-0.39, 0.29) is 29.3 Å². The number of hydrogen-bond acceptors (Lipinski definition) is 6. The molecule has 2 aromatic carbocycles. The molecule has 6 rings (SSSR count). The topological polar surface area (TPSA) is 101 Å². The van der Waals surface area contributed by atoms with E-state index >= 15 is 0 Å².